The monoisotopic (exact) mass is 231 g/mol. The molecule has 0 aliphatic heterocycles. The summed E-state index contributed by atoms with van der Waals surface area (Å²) in [6.45, 7) is 5.26. The Morgan fingerprint density at radius 1 is 1.47 bits per heavy atom. The van der Waals surface area contributed by atoms with Crippen molar-refractivity contribution in [1.82, 2.24) is 9.88 Å². The summed E-state index contributed by atoms with van der Waals surface area (Å²) < 4.78 is 0. The Bertz CT molecular complexity index is 395. The summed E-state index contributed by atoms with van der Waals surface area (Å²) in [5.41, 5.74) is 0.624. The minimum absolute atomic E-state index is 0.0312. The SMILES string of the molecule is CC(C)CN(CCC#N)C(=O)c1ccncc1. The second-order valence-corrected chi connectivity index (χ2v) is 4.29. The number of aromatic nitrogens is 1. The van der Waals surface area contributed by atoms with Gasteiger partial charge in [0.25, 0.3) is 5.91 Å². The molecule has 0 radical (unpaired) electrons. The first-order chi connectivity index (χ1) is 8.15. The molecule has 0 saturated heterocycles. The molecule has 90 valence electrons. The molecule has 0 unspecified atom stereocenters. The van der Waals surface area contributed by atoms with E-state index in [0.717, 1.165) is 0 Å². The smallest absolute Gasteiger partial charge is 0.254 e. The lowest BCUT2D eigenvalue weighted by Gasteiger charge is -2.23. The lowest BCUT2D eigenvalue weighted by molar-refractivity contribution is 0.0740. The number of amides is 1. The molecular weight excluding hydrogens is 214 g/mol. The second kappa shape index (κ2) is 6.64. The van der Waals surface area contributed by atoms with Crippen LogP contribution >= 0.6 is 0 Å². The molecule has 0 atom stereocenters. The molecule has 17 heavy (non-hydrogen) atoms. The van der Waals surface area contributed by atoms with Crippen molar-refractivity contribution in [3.63, 3.8) is 0 Å². The third-order valence-corrected chi connectivity index (χ3v) is 2.29. The maximum Gasteiger partial charge on any atom is 0.254 e. The van der Waals surface area contributed by atoms with Crippen LogP contribution in [0.2, 0.25) is 0 Å². The highest BCUT2D eigenvalue weighted by atomic mass is 16.2. The number of rotatable bonds is 5. The van der Waals surface area contributed by atoms with E-state index in [2.05, 4.69) is 24.9 Å². The zero-order valence-corrected chi connectivity index (χ0v) is 10.3. The summed E-state index contributed by atoms with van der Waals surface area (Å²) in [7, 11) is 0. The largest absolute Gasteiger partial charge is 0.337 e. The summed E-state index contributed by atoms with van der Waals surface area (Å²) in [5.74, 6) is 0.357. The number of carbonyl (C=O) groups is 1. The van der Waals surface area contributed by atoms with Gasteiger partial charge in [0.1, 0.15) is 0 Å². The number of hydrogen-bond acceptors (Lipinski definition) is 3. The average Bonchev–Trinajstić information content (AvgIpc) is 2.34. The zero-order valence-electron chi connectivity index (χ0n) is 10.3. The van der Waals surface area contributed by atoms with Crippen LogP contribution in [0.1, 0.15) is 30.6 Å². The van der Waals surface area contributed by atoms with E-state index in [9.17, 15) is 4.79 Å². The average molecular weight is 231 g/mol. The lowest BCUT2D eigenvalue weighted by Crippen LogP contribution is -2.35. The maximum atomic E-state index is 12.2. The Balaban J connectivity index is 2.76. The van der Waals surface area contributed by atoms with Crippen molar-refractivity contribution in [3.8, 4) is 6.07 Å². The fourth-order valence-electron chi connectivity index (χ4n) is 1.58. The molecule has 0 N–H and O–H groups in total. The first-order valence-corrected chi connectivity index (χ1v) is 5.71. The molecule has 0 aliphatic carbocycles. The molecular formula is C13H17N3O. The molecule has 1 heterocycles. The summed E-state index contributed by atoms with van der Waals surface area (Å²) in [6.07, 6.45) is 3.57. The fraction of sp³-hybridized carbons (Fsp3) is 0.462. The van der Waals surface area contributed by atoms with Gasteiger partial charge in [0.2, 0.25) is 0 Å². The van der Waals surface area contributed by atoms with E-state index in [0.29, 0.717) is 31.0 Å². The van der Waals surface area contributed by atoms with Crippen LogP contribution in [0.5, 0.6) is 0 Å². The van der Waals surface area contributed by atoms with E-state index in [4.69, 9.17) is 5.26 Å². The van der Waals surface area contributed by atoms with E-state index in [1.54, 1.807) is 29.4 Å². The normalized spacial score (nSPS) is 10.0. The van der Waals surface area contributed by atoms with Gasteiger partial charge >= 0.3 is 0 Å². The molecule has 0 saturated carbocycles. The van der Waals surface area contributed by atoms with E-state index >= 15 is 0 Å². The molecule has 4 nitrogen and oxygen atoms in total. The summed E-state index contributed by atoms with van der Waals surface area (Å²) >= 11 is 0. The third kappa shape index (κ3) is 4.23. The third-order valence-electron chi connectivity index (χ3n) is 2.29. The topological polar surface area (TPSA) is 57.0 Å². The first kappa shape index (κ1) is 13.2. The summed E-state index contributed by atoms with van der Waals surface area (Å²) in [5, 5.41) is 8.60. The molecule has 1 rings (SSSR count). The van der Waals surface area contributed by atoms with Crippen molar-refractivity contribution in [1.29, 1.82) is 5.26 Å². The lowest BCUT2D eigenvalue weighted by atomic mass is 10.1. The van der Waals surface area contributed by atoms with E-state index in [1.165, 1.54) is 0 Å². The minimum Gasteiger partial charge on any atom is -0.337 e. The van der Waals surface area contributed by atoms with Gasteiger partial charge in [-0.15, -0.1) is 0 Å². The van der Waals surface area contributed by atoms with E-state index in [-0.39, 0.29) is 5.91 Å². The molecule has 0 bridgehead atoms. The van der Waals surface area contributed by atoms with Gasteiger partial charge < -0.3 is 4.90 Å². The Hall–Kier alpha value is -1.89. The van der Waals surface area contributed by atoms with Crippen molar-refractivity contribution in [2.24, 2.45) is 5.92 Å². The minimum atomic E-state index is -0.0312. The summed E-state index contributed by atoms with van der Waals surface area (Å²) in [6, 6.07) is 5.46. The quantitative estimate of drug-likeness (QED) is 0.779. The zero-order chi connectivity index (χ0) is 12.7. The van der Waals surface area contributed by atoms with Crippen molar-refractivity contribution >= 4 is 5.91 Å². The number of carbonyl (C=O) groups excluding carboxylic acids is 1. The number of pyridine rings is 1. The highest BCUT2D eigenvalue weighted by molar-refractivity contribution is 5.94. The molecule has 0 aromatic carbocycles. The van der Waals surface area contributed by atoms with Crippen molar-refractivity contribution in [3.05, 3.63) is 30.1 Å². The molecule has 1 aromatic heterocycles. The predicted molar refractivity (Wildman–Crippen MR) is 65.2 cm³/mol. The van der Waals surface area contributed by atoms with Gasteiger partial charge in [0.15, 0.2) is 0 Å². The van der Waals surface area contributed by atoms with Gasteiger partial charge in [-0.1, -0.05) is 13.8 Å². The van der Waals surface area contributed by atoms with Gasteiger partial charge in [-0.05, 0) is 18.1 Å². The highest BCUT2D eigenvalue weighted by Crippen LogP contribution is 2.07. The van der Waals surface area contributed by atoms with E-state index in [1.807, 2.05) is 0 Å². The van der Waals surface area contributed by atoms with Gasteiger partial charge in [-0.2, -0.15) is 5.26 Å². The maximum absolute atomic E-state index is 12.2. The van der Waals surface area contributed by atoms with Crippen LogP contribution in [0.15, 0.2) is 24.5 Å². The van der Waals surface area contributed by atoms with Gasteiger partial charge in [0.05, 0.1) is 12.5 Å². The van der Waals surface area contributed by atoms with Crippen LogP contribution in [0.4, 0.5) is 0 Å². The molecule has 0 aliphatic rings. The Morgan fingerprint density at radius 2 is 2.12 bits per heavy atom. The second-order valence-electron chi connectivity index (χ2n) is 4.29. The number of hydrogen-bond donors (Lipinski definition) is 0. The van der Waals surface area contributed by atoms with Crippen LogP contribution in [-0.2, 0) is 0 Å². The van der Waals surface area contributed by atoms with Gasteiger partial charge in [-0.3, -0.25) is 9.78 Å². The highest BCUT2D eigenvalue weighted by Gasteiger charge is 2.16. The van der Waals surface area contributed by atoms with Crippen LogP contribution in [0.25, 0.3) is 0 Å². The Morgan fingerprint density at radius 3 is 2.65 bits per heavy atom. The molecule has 1 aromatic rings. The molecule has 0 fully saturated rings. The van der Waals surface area contributed by atoms with Gasteiger partial charge in [0, 0.05) is 31.0 Å². The number of nitriles is 1. The van der Waals surface area contributed by atoms with Crippen molar-refractivity contribution in [2.75, 3.05) is 13.1 Å². The Labute approximate surface area is 102 Å². The van der Waals surface area contributed by atoms with Crippen molar-refractivity contribution in [2.45, 2.75) is 20.3 Å². The van der Waals surface area contributed by atoms with E-state index < -0.39 is 0 Å². The Kier molecular flexibility index (Phi) is 5.15. The number of nitrogens with zero attached hydrogens (tertiary/aromatic N) is 3. The van der Waals surface area contributed by atoms with Crippen LogP contribution in [0, 0.1) is 17.2 Å². The standard InChI is InChI=1S/C13H17N3O/c1-11(2)10-16(9-3-6-14)13(17)12-4-7-15-8-5-12/h4-5,7-8,11H,3,9-10H2,1-2H3. The predicted octanol–water partition coefficient (Wildman–Crippen LogP) is 2.09. The van der Waals surface area contributed by atoms with Crippen LogP contribution in [-0.4, -0.2) is 28.9 Å². The molecule has 0 spiro atoms. The van der Waals surface area contributed by atoms with Gasteiger partial charge in [-0.25, -0.2) is 0 Å². The van der Waals surface area contributed by atoms with Crippen LogP contribution < -0.4 is 0 Å². The van der Waals surface area contributed by atoms with Crippen molar-refractivity contribution < 1.29 is 4.79 Å². The first-order valence-electron chi connectivity index (χ1n) is 5.71. The van der Waals surface area contributed by atoms with Crippen LogP contribution in [0.3, 0.4) is 0 Å². The molecule has 4 heteroatoms. The fourth-order valence-corrected chi connectivity index (χ4v) is 1.58. The summed E-state index contributed by atoms with van der Waals surface area (Å²) in [4.78, 5) is 17.8. The molecule has 1 amide bonds.